The van der Waals surface area contributed by atoms with E-state index in [1.165, 1.54) is 0 Å². The highest BCUT2D eigenvalue weighted by Crippen LogP contribution is 2.28. The van der Waals surface area contributed by atoms with Crippen LogP contribution >= 0.6 is 0 Å². The third kappa shape index (κ3) is 3.18. The van der Waals surface area contributed by atoms with Crippen LogP contribution in [0.1, 0.15) is 15.9 Å². The van der Waals surface area contributed by atoms with Gasteiger partial charge in [0.05, 0.1) is 24.4 Å². The molecule has 5 heteroatoms. The molecule has 1 aliphatic heterocycles. The van der Waals surface area contributed by atoms with Crippen molar-refractivity contribution >= 4 is 11.6 Å². The first kappa shape index (κ1) is 15.9. The zero-order chi connectivity index (χ0) is 16.9. The van der Waals surface area contributed by atoms with Crippen LogP contribution in [-0.4, -0.2) is 44.1 Å². The van der Waals surface area contributed by atoms with Crippen molar-refractivity contribution in [3.63, 3.8) is 0 Å². The highest BCUT2D eigenvalue weighted by atomic mass is 16.5. The molecule has 0 aromatic heterocycles. The molecule has 0 aliphatic carbocycles. The van der Waals surface area contributed by atoms with Gasteiger partial charge in [-0.1, -0.05) is 12.1 Å². The van der Waals surface area contributed by atoms with E-state index in [4.69, 9.17) is 10.00 Å². The van der Waals surface area contributed by atoms with Gasteiger partial charge in [-0.15, -0.1) is 0 Å². The molecule has 122 valence electrons. The Bertz CT molecular complexity index is 757. The Labute approximate surface area is 141 Å². The number of para-hydroxylation sites is 2. The first-order chi connectivity index (χ1) is 11.7. The van der Waals surface area contributed by atoms with E-state index >= 15 is 0 Å². The van der Waals surface area contributed by atoms with Gasteiger partial charge in [0.25, 0.3) is 5.91 Å². The maximum atomic E-state index is 12.6. The van der Waals surface area contributed by atoms with Crippen molar-refractivity contribution in [2.24, 2.45) is 0 Å². The molecule has 0 N–H and O–H groups in total. The van der Waals surface area contributed by atoms with Crippen LogP contribution in [0, 0.1) is 11.3 Å². The number of amides is 1. The van der Waals surface area contributed by atoms with E-state index in [1.54, 1.807) is 31.4 Å². The molecular weight excluding hydrogens is 302 g/mol. The van der Waals surface area contributed by atoms with Crippen molar-refractivity contribution in [1.82, 2.24) is 4.90 Å². The standard InChI is InChI=1S/C19H19N3O2/c1-24-18-5-3-2-4-17(18)21-10-12-22(13-11-21)19(23)16-8-6-15(14-20)7-9-16/h2-9H,10-13H2,1H3. The van der Waals surface area contributed by atoms with Crippen LogP contribution in [0.15, 0.2) is 48.5 Å². The van der Waals surface area contributed by atoms with Gasteiger partial charge < -0.3 is 14.5 Å². The van der Waals surface area contributed by atoms with Gasteiger partial charge in [0.15, 0.2) is 0 Å². The maximum absolute atomic E-state index is 12.6. The number of hydrogen-bond acceptors (Lipinski definition) is 4. The van der Waals surface area contributed by atoms with Gasteiger partial charge in [-0.3, -0.25) is 4.79 Å². The summed E-state index contributed by atoms with van der Waals surface area (Å²) in [6.45, 7) is 2.86. The highest BCUT2D eigenvalue weighted by Gasteiger charge is 2.23. The molecule has 0 bridgehead atoms. The second-order valence-electron chi connectivity index (χ2n) is 5.64. The lowest BCUT2D eigenvalue weighted by molar-refractivity contribution is 0.0746. The van der Waals surface area contributed by atoms with Crippen LogP contribution < -0.4 is 9.64 Å². The molecule has 0 radical (unpaired) electrons. The number of rotatable bonds is 3. The van der Waals surface area contributed by atoms with Gasteiger partial charge in [-0.25, -0.2) is 0 Å². The van der Waals surface area contributed by atoms with Crippen molar-refractivity contribution < 1.29 is 9.53 Å². The van der Waals surface area contributed by atoms with Crippen LogP contribution in [0.4, 0.5) is 5.69 Å². The Kier molecular flexibility index (Phi) is 4.66. The number of ether oxygens (including phenoxy) is 1. The predicted octanol–water partition coefficient (Wildman–Crippen LogP) is 2.53. The molecule has 3 rings (SSSR count). The van der Waals surface area contributed by atoms with Gasteiger partial charge in [0, 0.05) is 31.7 Å². The fraction of sp³-hybridized carbons (Fsp3) is 0.263. The molecule has 1 fully saturated rings. The van der Waals surface area contributed by atoms with E-state index in [0.29, 0.717) is 24.2 Å². The topological polar surface area (TPSA) is 56.6 Å². The summed E-state index contributed by atoms with van der Waals surface area (Å²) < 4.78 is 5.42. The largest absolute Gasteiger partial charge is 0.495 e. The van der Waals surface area contributed by atoms with Gasteiger partial charge in [-0.2, -0.15) is 5.26 Å². The molecule has 24 heavy (non-hydrogen) atoms. The smallest absolute Gasteiger partial charge is 0.253 e. The summed E-state index contributed by atoms with van der Waals surface area (Å²) in [5, 5.41) is 8.83. The first-order valence-corrected chi connectivity index (χ1v) is 7.90. The number of hydrogen-bond donors (Lipinski definition) is 0. The molecular formula is C19H19N3O2. The number of methoxy groups -OCH3 is 1. The third-order valence-corrected chi connectivity index (χ3v) is 4.25. The number of carbonyl (C=O) groups is 1. The molecule has 0 unspecified atom stereocenters. The normalized spacial score (nSPS) is 14.2. The van der Waals surface area contributed by atoms with Gasteiger partial charge in [0.1, 0.15) is 5.75 Å². The number of piperazine rings is 1. The average Bonchev–Trinajstić information content (AvgIpc) is 2.67. The van der Waals surface area contributed by atoms with Crippen LogP contribution in [0.3, 0.4) is 0 Å². The van der Waals surface area contributed by atoms with E-state index in [9.17, 15) is 4.79 Å². The number of nitrogens with zero attached hydrogens (tertiary/aromatic N) is 3. The summed E-state index contributed by atoms with van der Waals surface area (Å²) in [6, 6.07) is 16.8. The Morgan fingerprint density at radius 3 is 2.33 bits per heavy atom. The number of nitriles is 1. The van der Waals surface area contributed by atoms with E-state index in [1.807, 2.05) is 29.2 Å². The monoisotopic (exact) mass is 321 g/mol. The molecule has 5 nitrogen and oxygen atoms in total. The minimum atomic E-state index is 0.0131. The number of benzene rings is 2. The van der Waals surface area contributed by atoms with Crippen LogP contribution in [0.2, 0.25) is 0 Å². The van der Waals surface area contributed by atoms with E-state index < -0.39 is 0 Å². The minimum absolute atomic E-state index is 0.0131. The molecule has 1 amide bonds. The molecule has 2 aromatic carbocycles. The van der Waals surface area contributed by atoms with Crippen molar-refractivity contribution in [2.75, 3.05) is 38.2 Å². The molecule has 2 aromatic rings. The molecule has 1 aliphatic rings. The van der Waals surface area contributed by atoms with Gasteiger partial charge >= 0.3 is 0 Å². The SMILES string of the molecule is COc1ccccc1N1CCN(C(=O)c2ccc(C#N)cc2)CC1. The predicted molar refractivity (Wildman–Crippen MR) is 92.3 cm³/mol. The fourth-order valence-electron chi connectivity index (χ4n) is 2.91. The lowest BCUT2D eigenvalue weighted by Gasteiger charge is -2.36. The molecule has 1 saturated heterocycles. The second-order valence-corrected chi connectivity index (χ2v) is 5.64. The number of carbonyl (C=O) groups excluding carboxylic acids is 1. The van der Waals surface area contributed by atoms with E-state index in [0.717, 1.165) is 24.5 Å². The van der Waals surface area contributed by atoms with E-state index in [-0.39, 0.29) is 5.91 Å². The van der Waals surface area contributed by atoms with Gasteiger partial charge in [-0.05, 0) is 36.4 Å². The summed E-state index contributed by atoms with van der Waals surface area (Å²) in [6.07, 6.45) is 0. The zero-order valence-corrected chi connectivity index (χ0v) is 13.6. The van der Waals surface area contributed by atoms with Crippen LogP contribution in [0.25, 0.3) is 0 Å². The Balaban J connectivity index is 1.66. The third-order valence-electron chi connectivity index (χ3n) is 4.25. The molecule has 0 saturated carbocycles. The van der Waals surface area contributed by atoms with Crippen LogP contribution in [0.5, 0.6) is 5.75 Å². The summed E-state index contributed by atoms with van der Waals surface area (Å²) in [5.41, 5.74) is 2.25. The second kappa shape index (κ2) is 7.05. The summed E-state index contributed by atoms with van der Waals surface area (Å²) in [7, 11) is 1.67. The zero-order valence-electron chi connectivity index (χ0n) is 13.6. The molecule has 0 spiro atoms. The van der Waals surface area contributed by atoms with E-state index in [2.05, 4.69) is 11.0 Å². The van der Waals surface area contributed by atoms with Crippen LogP contribution in [-0.2, 0) is 0 Å². The molecule has 1 heterocycles. The minimum Gasteiger partial charge on any atom is -0.495 e. The lowest BCUT2D eigenvalue weighted by Crippen LogP contribution is -2.48. The summed E-state index contributed by atoms with van der Waals surface area (Å²) in [5.74, 6) is 0.864. The van der Waals surface area contributed by atoms with Crippen molar-refractivity contribution in [2.45, 2.75) is 0 Å². The average molecular weight is 321 g/mol. The van der Waals surface area contributed by atoms with Crippen molar-refractivity contribution in [1.29, 1.82) is 5.26 Å². The summed E-state index contributed by atoms with van der Waals surface area (Å²) >= 11 is 0. The quantitative estimate of drug-likeness (QED) is 0.872. The summed E-state index contributed by atoms with van der Waals surface area (Å²) in [4.78, 5) is 16.7. The van der Waals surface area contributed by atoms with Crippen molar-refractivity contribution in [3.8, 4) is 11.8 Å². The highest BCUT2D eigenvalue weighted by molar-refractivity contribution is 5.94. The maximum Gasteiger partial charge on any atom is 0.253 e. The molecule has 0 atom stereocenters. The lowest BCUT2D eigenvalue weighted by atomic mass is 10.1. The Morgan fingerprint density at radius 1 is 1.04 bits per heavy atom. The fourth-order valence-corrected chi connectivity index (χ4v) is 2.91. The van der Waals surface area contributed by atoms with Gasteiger partial charge in [0.2, 0.25) is 0 Å². The number of anilines is 1. The first-order valence-electron chi connectivity index (χ1n) is 7.90. The Hall–Kier alpha value is -3.00. The Morgan fingerprint density at radius 2 is 1.71 bits per heavy atom. The van der Waals surface area contributed by atoms with Crippen molar-refractivity contribution in [3.05, 3.63) is 59.7 Å².